The van der Waals surface area contributed by atoms with Gasteiger partial charge in [0.05, 0.1) is 13.2 Å². The normalized spacial score (nSPS) is 31.1. The average Bonchev–Trinajstić information content (AvgIpc) is 2.65. The molecular weight excluding hydrogens is 148 g/mol. The van der Waals surface area contributed by atoms with Crippen LogP contribution >= 0.6 is 0 Å². The van der Waals surface area contributed by atoms with Crippen LogP contribution in [0.4, 0.5) is 0 Å². The second kappa shape index (κ2) is 3.06. The molecule has 3 atom stereocenters. The smallest absolute Gasteiger partial charge is 0.188 e. The van der Waals surface area contributed by atoms with Gasteiger partial charge in [-0.2, -0.15) is 0 Å². The van der Waals surface area contributed by atoms with Crippen molar-refractivity contribution < 1.29 is 19.7 Å². The Morgan fingerprint density at radius 2 is 2.36 bits per heavy atom. The third-order valence-corrected chi connectivity index (χ3v) is 1.74. The molecular formula is C7H14O4. The predicted molar refractivity (Wildman–Crippen MR) is 38.0 cm³/mol. The lowest BCUT2D eigenvalue weighted by atomic mass is 10.2. The zero-order chi connectivity index (χ0) is 8.48. The third-order valence-electron chi connectivity index (χ3n) is 1.74. The first kappa shape index (κ1) is 8.93. The van der Waals surface area contributed by atoms with Gasteiger partial charge in [-0.1, -0.05) is 0 Å². The number of aliphatic hydroxyl groups excluding tert-OH is 1. The van der Waals surface area contributed by atoms with Crippen molar-refractivity contribution in [3.05, 3.63) is 0 Å². The van der Waals surface area contributed by atoms with Crippen LogP contribution in [0.2, 0.25) is 0 Å². The lowest BCUT2D eigenvalue weighted by molar-refractivity contribution is -0.241. The minimum absolute atomic E-state index is 0.111. The Morgan fingerprint density at radius 1 is 1.82 bits per heavy atom. The summed E-state index contributed by atoms with van der Waals surface area (Å²) in [7, 11) is 0. The Hall–Kier alpha value is -0.160. The number of rotatable bonds is 4. The molecule has 0 aromatic heterocycles. The van der Waals surface area contributed by atoms with Crippen molar-refractivity contribution in [2.24, 2.45) is 0 Å². The molecule has 0 radical (unpaired) electrons. The van der Waals surface area contributed by atoms with E-state index in [1.165, 1.54) is 13.8 Å². The minimum Gasteiger partial charge on any atom is -0.388 e. The van der Waals surface area contributed by atoms with Gasteiger partial charge in [0, 0.05) is 0 Å². The van der Waals surface area contributed by atoms with E-state index < -0.39 is 11.9 Å². The van der Waals surface area contributed by atoms with E-state index in [-0.39, 0.29) is 6.10 Å². The Balaban J connectivity index is 2.20. The SMILES string of the molecule is CC(O)C(C)(O)OCC1CO1. The van der Waals surface area contributed by atoms with Crippen LogP contribution in [0.1, 0.15) is 13.8 Å². The largest absolute Gasteiger partial charge is 0.388 e. The highest BCUT2D eigenvalue weighted by molar-refractivity contribution is 4.72. The Kier molecular flexibility index (Phi) is 2.49. The summed E-state index contributed by atoms with van der Waals surface area (Å²) in [6, 6.07) is 0. The lowest BCUT2D eigenvalue weighted by Crippen LogP contribution is -2.40. The van der Waals surface area contributed by atoms with E-state index in [4.69, 9.17) is 14.6 Å². The van der Waals surface area contributed by atoms with Crippen LogP contribution in [-0.4, -0.2) is 41.4 Å². The molecule has 0 spiro atoms. The van der Waals surface area contributed by atoms with Gasteiger partial charge in [0.25, 0.3) is 0 Å². The Morgan fingerprint density at radius 3 is 2.73 bits per heavy atom. The fourth-order valence-electron chi connectivity index (χ4n) is 0.547. The quantitative estimate of drug-likeness (QED) is 0.432. The summed E-state index contributed by atoms with van der Waals surface area (Å²) in [6.07, 6.45) is -0.776. The maximum atomic E-state index is 9.34. The fraction of sp³-hybridized carbons (Fsp3) is 1.00. The van der Waals surface area contributed by atoms with Gasteiger partial charge in [0.1, 0.15) is 12.2 Å². The first-order chi connectivity index (χ1) is 5.02. The van der Waals surface area contributed by atoms with Gasteiger partial charge in [-0.15, -0.1) is 0 Å². The highest BCUT2D eigenvalue weighted by atomic mass is 16.7. The summed E-state index contributed by atoms with van der Waals surface area (Å²) in [6.45, 7) is 3.95. The van der Waals surface area contributed by atoms with Gasteiger partial charge in [-0.05, 0) is 13.8 Å². The Bertz CT molecular complexity index is 128. The fourth-order valence-corrected chi connectivity index (χ4v) is 0.547. The van der Waals surface area contributed by atoms with E-state index in [0.29, 0.717) is 13.2 Å². The van der Waals surface area contributed by atoms with Gasteiger partial charge >= 0.3 is 0 Å². The number of hydrogen-bond acceptors (Lipinski definition) is 4. The van der Waals surface area contributed by atoms with Crippen molar-refractivity contribution in [1.82, 2.24) is 0 Å². The molecule has 1 saturated heterocycles. The van der Waals surface area contributed by atoms with Gasteiger partial charge in [-0.25, -0.2) is 0 Å². The van der Waals surface area contributed by atoms with E-state index in [1.807, 2.05) is 0 Å². The Labute approximate surface area is 65.7 Å². The van der Waals surface area contributed by atoms with Gasteiger partial charge < -0.3 is 19.7 Å². The summed E-state index contributed by atoms with van der Waals surface area (Å²) in [5, 5.41) is 18.3. The number of ether oxygens (including phenoxy) is 2. The molecule has 1 aliphatic rings. The molecule has 0 saturated carbocycles. The summed E-state index contributed by atoms with van der Waals surface area (Å²) in [4.78, 5) is 0. The monoisotopic (exact) mass is 162 g/mol. The van der Waals surface area contributed by atoms with Gasteiger partial charge in [0.2, 0.25) is 0 Å². The molecule has 3 unspecified atom stereocenters. The average molecular weight is 162 g/mol. The van der Waals surface area contributed by atoms with E-state index in [2.05, 4.69) is 0 Å². The predicted octanol–water partition coefficient (Wildman–Crippen LogP) is -0.509. The van der Waals surface area contributed by atoms with Crippen molar-refractivity contribution in [3.8, 4) is 0 Å². The van der Waals surface area contributed by atoms with Crippen LogP contribution in [0, 0.1) is 0 Å². The van der Waals surface area contributed by atoms with Crippen molar-refractivity contribution in [1.29, 1.82) is 0 Å². The maximum Gasteiger partial charge on any atom is 0.188 e. The molecule has 1 aliphatic heterocycles. The molecule has 1 rings (SSSR count). The molecule has 0 aromatic rings. The molecule has 0 bridgehead atoms. The van der Waals surface area contributed by atoms with Crippen molar-refractivity contribution in [3.63, 3.8) is 0 Å². The molecule has 2 N–H and O–H groups in total. The molecule has 1 fully saturated rings. The van der Waals surface area contributed by atoms with Crippen molar-refractivity contribution in [2.75, 3.05) is 13.2 Å². The summed E-state index contributed by atoms with van der Waals surface area (Å²) >= 11 is 0. The molecule has 4 nitrogen and oxygen atoms in total. The third kappa shape index (κ3) is 2.75. The number of aliphatic hydroxyl groups is 2. The minimum atomic E-state index is -1.45. The molecule has 11 heavy (non-hydrogen) atoms. The summed E-state index contributed by atoms with van der Waals surface area (Å²) in [5.74, 6) is -1.45. The second-order valence-electron chi connectivity index (χ2n) is 3.00. The van der Waals surface area contributed by atoms with Crippen molar-refractivity contribution >= 4 is 0 Å². The van der Waals surface area contributed by atoms with Gasteiger partial charge in [-0.3, -0.25) is 0 Å². The number of hydrogen-bond donors (Lipinski definition) is 2. The van der Waals surface area contributed by atoms with E-state index in [0.717, 1.165) is 0 Å². The van der Waals surface area contributed by atoms with E-state index >= 15 is 0 Å². The number of epoxide rings is 1. The van der Waals surface area contributed by atoms with E-state index in [9.17, 15) is 5.11 Å². The van der Waals surface area contributed by atoms with Crippen LogP contribution in [0.15, 0.2) is 0 Å². The van der Waals surface area contributed by atoms with Gasteiger partial charge in [0.15, 0.2) is 5.79 Å². The molecule has 1 heterocycles. The first-order valence-corrected chi connectivity index (χ1v) is 3.68. The summed E-state index contributed by atoms with van der Waals surface area (Å²) in [5.41, 5.74) is 0. The standard InChI is InChI=1S/C7H14O4/c1-5(8)7(2,9)11-4-6-3-10-6/h5-6,8-9H,3-4H2,1-2H3. The molecule has 0 aromatic carbocycles. The lowest BCUT2D eigenvalue weighted by Gasteiger charge is -2.26. The van der Waals surface area contributed by atoms with Crippen LogP contribution in [0.3, 0.4) is 0 Å². The second-order valence-corrected chi connectivity index (χ2v) is 3.00. The molecule has 0 aliphatic carbocycles. The molecule has 0 amide bonds. The highest BCUT2D eigenvalue weighted by Gasteiger charge is 2.31. The topological polar surface area (TPSA) is 62.2 Å². The van der Waals surface area contributed by atoms with Crippen LogP contribution in [0.25, 0.3) is 0 Å². The first-order valence-electron chi connectivity index (χ1n) is 3.68. The molecule has 66 valence electrons. The maximum absolute atomic E-state index is 9.34. The van der Waals surface area contributed by atoms with Crippen LogP contribution in [0.5, 0.6) is 0 Å². The van der Waals surface area contributed by atoms with Crippen LogP contribution in [-0.2, 0) is 9.47 Å². The zero-order valence-electron chi connectivity index (χ0n) is 6.78. The summed E-state index contributed by atoms with van der Waals surface area (Å²) < 4.78 is 9.86. The zero-order valence-corrected chi connectivity index (χ0v) is 6.78. The van der Waals surface area contributed by atoms with E-state index in [1.54, 1.807) is 0 Å². The van der Waals surface area contributed by atoms with Crippen LogP contribution < -0.4 is 0 Å². The molecule has 4 heteroatoms. The van der Waals surface area contributed by atoms with Crippen molar-refractivity contribution in [2.45, 2.75) is 31.8 Å². The highest BCUT2D eigenvalue weighted by Crippen LogP contribution is 2.16.